The van der Waals surface area contributed by atoms with Crippen molar-refractivity contribution in [3.05, 3.63) is 131 Å². The van der Waals surface area contributed by atoms with Crippen molar-refractivity contribution in [3.63, 3.8) is 0 Å². The Morgan fingerprint density at radius 1 is 0.481 bits per heavy atom. The topological polar surface area (TPSA) is 116 Å². The summed E-state index contributed by atoms with van der Waals surface area (Å²) in [5.41, 5.74) is 9.30. The molecule has 8 nitrogen and oxygen atoms in total. The molecule has 4 aliphatic rings. The smallest absolute Gasteiger partial charge is 0.115 e. The minimum atomic E-state index is -0.441. The van der Waals surface area contributed by atoms with Gasteiger partial charge in [0.15, 0.2) is 0 Å². The molecular weight excluding hydrogens is 673 g/mol. The van der Waals surface area contributed by atoms with E-state index in [9.17, 15) is 20.4 Å². The van der Waals surface area contributed by atoms with Crippen molar-refractivity contribution in [3.8, 4) is 11.5 Å². The fourth-order valence-corrected chi connectivity index (χ4v) is 9.71. The van der Waals surface area contributed by atoms with Crippen LogP contribution in [0.1, 0.15) is 147 Å². The van der Waals surface area contributed by atoms with Crippen LogP contribution >= 0.6 is 0 Å². The number of phenolic OH excluding ortho intramolecular Hbond substituents is 2. The van der Waals surface area contributed by atoms with Gasteiger partial charge in [-0.05, 0) is 171 Å². The van der Waals surface area contributed by atoms with Gasteiger partial charge in [0.1, 0.15) is 11.5 Å². The van der Waals surface area contributed by atoms with Crippen LogP contribution in [0.4, 0.5) is 0 Å². The van der Waals surface area contributed by atoms with E-state index in [4.69, 9.17) is 0 Å². The van der Waals surface area contributed by atoms with Crippen LogP contribution < -0.4 is 0 Å². The monoisotopic (exact) mass is 724 g/mol. The summed E-state index contributed by atoms with van der Waals surface area (Å²) in [7, 11) is 0. The molecule has 280 valence electrons. The average molecular weight is 725 g/mol. The number of imidazole rings is 2. The Kier molecular flexibility index (Phi) is 9.66. The molecule has 0 amide bonds. The Balaban J connectivity index is 0.000000142. The van der Waals surface area contributed by atoms with E-state index in [0.717, 1.165) is 73.8 Å². The van der Waals surface area contributed by atoms with E-state index < -0.39 is 12.2 Å². The first-order chi connectivity index (χ1) is 26.4. The van der Waals surface area contributed by atoms with Gasteiger partial charge in [0.2, 0.25) is 0 Å². The van der Waals surface area contributed by atoms with Crippen molar-refractivity contribution in [2.24, 2.45) is 11.8 Å². The Morgan fingerprint density at radius 3 is 1.24 bits per heavy atom. The number of pyridine rings is 2. The lowest BCUT2D eigenvalue weighted by Gasteiger charge is -2.33. The molecule has 4 aliphatic carbocycles. The van der Waals surface area contributed by atoms with Crippen LogP contribution in [0, 0.1) is 11.8 Å². The zero-order valence-corrected chi connectivity index (χ0v) is 30.9. The number of benzene rings is 2. The van der Waals surface area contributed by atoms with E-state index in [1.165, 1.54) is 47.9 Å². The molecule has 4 N–H and O–H groups in total. The van der Waals surface area contributed by atoms with Gasteiger partial charge in [0.05, 0.1) is 59.7 Å². The van der Waals surface area contributed by atoms with Crippen LogP contribution in [0.3, 0.4) is 0 Å². The third-order valence-corrected chi connectivity index (χ3v) is 13.0. The number of aliphatic hydroxyl groups excluding tert-OH is 2. The van der Waals surface area contributed by atoms with E-state index in [2.05, 4.69) is 55.2 Å². The zero-order valence-electron chi connectivity index (χ0n) is 30.9. The second-order valence-electron chi connectivity index (χ2n) is 16.6. The molecule has 2 aromatic carbocycles. The number of hydrogen-bond donors (Lipinski definition) is 4. The second-order valence-corrected chi connectivity index (χ2v) is 16.6. The largest absolute Gasteiger partial charge is 0.508 e. The fourth-order valence-electron chi connectivity index (χ4n) is 9.71. The number of aromatic nitrogens is 4. The van der Waals surface area contributed by atoms with Gasteiger partial charge >= 0.3 is 0 Å². The maximum Gasteiger partial charge on any atom is 0.115 e. The van der Waals surface area contributed by atoms with Crippen molar-refractivity contribution >= 4 is 11.0 Å². The number of nitrogens with zero attached hydrogens (tertiary/aromatic N) is 4. The second kappa shape index (κ2) is 14.9. The number of aliphatic hydroxyl groups is 2. The molecule has 8 heteroatoms. The Bertz CT molecular complexity index is 2060. The zero-order chi connectivity index (χ0) is 36.8. The molecule has 4 saturated carbocycles. The number of fused-ring (bicyclic) bond motifs is 2. The number of aromatic hydroxyl groups is 2. The highest BCUT2D eigenvalue weighted by atomic mass is 16.3. The first-order valence-corrected chi connectivity index (χ1v) is 20.2. The normalized spacial score (nSPS) is 24.2. The molecule has 0 aliphatic heterocycles. The average Bonchev–Trinajstić information content (AvgIpc) is 4.14. The van der Waals surface area contributed by atoms with E-state index >= 15 is 0 Å². The maximum absolute atomic E-state index is 11.3. The van der Waals surface area contributed by atoms with E-state index in [0.29, 0.717) is 35.2 Å². The minimum Gasteiger partial charge on any atom is -0.508 e. The molecular formula is C46H52N4O4. The van der Waals surface area contributed by atoms with Crippen LogP contribution in [0.25, 0.3) is 11.0 Å². The van der Waals surface area contributed by atoms with Crippen molar-refractivity contribution in [2.45, 2.75) is 113 Å². The summed E-state index contributed by atoms with van der Waals surface area (Å²) < 4.78 is 4.19. The summed E-state index contributed by atoms with van der Waals surface area (Å²) in [5.74, 6) is 3.41. The van der Waals surface area contributed by atoms with E-state index in [-0.39, 0.29) is 11.8 Å². The van der Waals surface area contributed by atoms with Gasteiger partial charge in [-0.25, -0.2) is 9.97 Å². The summed E-state index contributed by atoms with van der Waals surface area (Å²) in [6.45, 7) is 0. The molecule has 4 aromatic heterocycles. The highest BCUT2D eigenvalue weighted by Gasteiger charge is 2.36. The molecule has 6 aromatic rings. The summed E-state index contributed by atoms with van der Waals surface area (Å²) in [5, 5.41) is 42.2. The molecule has 54 heavy (non-hydrogen) atoms. The van der Waals surface area contributed by atoms with Crippen LogP contribution in [0.15, 0.2) is 97.8 Å². The van der Waals surface area contributed by atoms with Crippen molar-refractivity contribution in [2.75, 3.05) is 0 Å². The molecule has 0 bridgehead atoms. The molecule has 0 spiro atoms. The molecule has 10 rings (SSSR count). The summed E-state index contributed by atoms with van der Waals surface area (Å²) >= 11 is 0. The summed E-state index contributed by atoms with van der Waals surface area (Å²) in [6, 6.07) is 23.9. The third-order valence-electron chi connectivity index (χ3n) is 13.0. The highest BCUT2D eigenvalue weighted by molar-refractivity contribution is 5.51. The van der Waals surface area contributed by atoms with Crippen molar-refractivity contribution in [1.29, 1.82) is 0 Å². The first-order valence-electron chi connectivity index (χ1n) is 20.2. The van der Waals surface area contributed by atoms with E-state index in [1.807, 2.05) is 49.3 Å². The predicted molar refractivity (Wildman–Crippen MR) is 210 cm³/mol. The minimum absolute atomic E-state index is 0.282. The van der Waals surface area contributed by atoms with Crippen molar-refractivity contribution in [1.82, 2.24) is 18.8 Å². The van der Waals surface area contributed by atoms with Crippen LogP contribution in [-0.4, -0.2) is 39.2 Å². The fraction of sp³-hybridized carbons (Fsp3) is 0.435. The third kappa shape index (κ3) is 7.14. The number of rotatable bonds is 8. The number of hydrogen-bond acceptors (Lipinski definition) is 6. The lowest BCUT2D eigenvalue weighted by atomic mass is 9.75. The van der Waals surface area contributed by atoms with Gasteiger partial charge in [-0.2, -0.15) is 0 Å². The SMILES string of the molecule is Oc1cccc(C2CCC([C@@H](O)c3c(C4CC4)ccc4cncn34)CC2)c1.Oc1cccc(C2CCC([C@H](O)c3c(C4CC4)ccc4cncn34)CC2)c1. The molecule has 4 fully saturated rings. The summed E-state index contributed by atoms with van der Waals surface area (Å²) in [4.78, 5) is 8.60. The van der Waals surface area contributed by atoms with Crippen molar-refractivity contribution < 1.29 is 20.4 Å². The van der Waals surface area contributed by atoms with Crippen LogP contribution in [-0.2, 0) is 0 Å². The quantitative estimate of drug-likeness (QED) is 0.124. The standard InChI is InChI=1S/2C23H26N2O2/c2*26-20-3-1-2-18(12-20)15-4-8-17(9-5-15)23(27)22-21(16-6-7-16)11-10-19-13-24-14-25(19)22/h2*1-3,10-17,23,26-27H,4-9H2/t2*15?,17?,23-/m10/s1. The van der Waals surface area contributed by atoms with Gasteiger partial charge < -0.3 is 29.2 Å². The van der Waals surface area contributed by atoms with Crippen LogP contribution in [0.2, 0.25) is 0 Å². The molecule has 0 saturated heterocycles. The Hall–Kier alpha value is -4.66. The van der Waals surface area contributed by atoms with Crippen LogP contribution in [0.5, 0.6) is 11.5 Å². The Labute approximate surface area is 317 Å². The molecule has 4 heterocycles. The molecule has 0 unspecified atom stereocenters. The lowest BCUT2D eigenvalue weighted by molar-refractivity contribution is 0.0753. The maximum atomic E-state index is 11.3. The van der Waals surface area contributed by atoms with Gasteiger partial charge in [-0.15, -0.1) is 0 Å². The predicted octanol–water partition coefficient (Wildman–Crippen LogP) is 9.85. The van der Waals surface area contributed by atoms with Gasteiger partial charge in [0, 0.05) is 0 Å². The van der Waals surface area contributed by atoms with E-state index in [1.54, 1.807) is 12.1 Å². The lowest BCUT2D eigenvalue weighted by Crippen LogP contribution is -2.22. The number of phenols is 2. The highest BCUT2D eigenvalue weighted by Crippen LogP contribution is 2.49. The molecule has 2 atom stereocenters. The summed E-state index contributed by atoms with van der Waals surface area (Å²) in [6.07, 6.45) is 19.7. The van der Waals surface area contributed by atoms with Gasteiger partial charge in [-0.1, -0.05) is 36.4 Å². The Morgan fingerprint density at radius 2 is 0.870 bits per heavy atom. The first kappa shape index (κ1) is 35.1. The van der Waals surface area contributed by atoms with Gasteiger partial charge in [-0.3, -0.25) is 0 Å². The molecule has 0 radical (unpaired) electrons. The van der Waals surface area contributed by atoms with Gasteiger partial charge in [0.25, 0.3) is 0 Å².